The molecule has 0 radical (unpaired) electrons. The number of hydrogen-bond donors (Lipinski definition) is 0. The number of rotatable bonds is 0. The molecule has 13 nitrogen and oxygen atoms in total. The second-order valence-corrected chi connectivity index (χ2v) is 0.224. The molecule has 18 N–H and O–H groups in total. The Morgan fingerprint density at radius 2 is 0.571 bits per heavy atom. The second kappa shape index (κ2) is 268. The van der Waals surface area contributed by atoms with Crippen molar-refractivity contribution in [3.63, 3.8) is 0 Å². The zero-order valence-corrected chi connectivity index (χ0v) is 6.17. The second-order valence-electron chi connectivity index (χ2n) is 0.224. The van der Waals surface area contributed by atoms with Crippen LogP contribution in [0.25, 0.3) is 0 Å². The van der Waals surface area contributed by atoms with Crippen molar-refractivity contribution < 1.29 is 54.4 Å². The van der Waals surface area contributed by atoms with Crippen LogP contribution in [0.5, 0.6) is 0 Å². The van der Waals surface area contributed by atoms with Crippen molar-refractivity contribution in [2.45, 2.75) is 0 Å². The average Bonchev–Trinajstić information content (AvgIpc) is 0.811. The molecular weight excluding hydrogens is 276 g/mol. The Morgan fingerprint density at radius 1 is 0.571 bits per heavy atom. The van der Waals surface area contributed by atoms with Crippen molar-refractivity contribution in [2.75, 3.05) is 0 Å². The standard InChI is InChI=1S/Ga.NO3.9H2O.3H/c;2-1(3)4;;;;;;;;;;;;/h;;9*1H2;;;/q;-1;;;;;;;;;;;;. The molecule has 14 heteroatoms. The minimum absolute atomic E-state index is 0. The number of hydrogen-bond acceptors (Lipinski definition) is 3. The van der Waals surface area contributed by atoms with Gasteiger partial charge in [-0.05, 0) is 0 Å². The average molecular weight is 297 g/mol. The van der Waals surface area contributed by atoms with Crippen LogP contribution in [0.15, 0.2) is 0 Å². The molecule has 0 aromatic rings. The summed E-state index contributed by atoms with van der Waals surface area (Å²) in [5.74, 6) is 0. The topological polar surface area (TPSA) is 350 Å². The van der Waals surface area contributed by atoms with Gasteiger partial charge in [0.15, 0.2) is 0 Å². The van der Waals surface area contributed by atoms with Crippen molar-refractivity contribution in [2.24, 2.45) is 0 Å². The van der Waals surface area contributed by atoms with Crippen LogP contribution in [-0.2, 0) is 0 Å². The van der Waals surface area contributed by atoms with Gasteiger partial charge >= 0.3 is 19.8 Å². The van der Waals surface area contributed by atoms with Gasteiger partial charge in [-0.3, -0.25) is 0 Å². The van der Waals surface area contributed by atoms with Crippen LogP contribution < -0.4 is 0 Å². The van der Waals surface area contributed by atoms with Gasteiger partial charge in [-0.25, -0.2) is 0 Å². The zero-order valence-electron chi connectivity index (χ0n) is 6.17. The molecule has 0 saturated heterocycles. The van der Waals surface area contributed by atoms with E-state index in [0.717, 1.165) is 0 Å². The fourth-order valence-corrected chi connectivity index (χ4v) is 0. The summed E-state index contributed by atoms with van der Waals surface area (Å²) in [5, 5.41) is 14.8. The van der Waals surface area contributed by atoms with Gasteiger partial charge in [0, 0.05) is 0 Å². The normalized spacial score (nSPS) is 1.71. The third kappa shape index (κ3) is 4590. The Bertz CT molecular complexity index is 33.3. The van der Waals surface area contributed by atoms with Crippen LogP contribution in [-0.4, -0.2) is 74.2 Å². The van der Waals surface area contributed by atoms with E-state index < -0.39 is 5.09 Å². The predicted octanol–water partition coefficient (Wildman–Crippen LogP) is -8.85. The van der Waals surface area contributed by atoms with Gasteiger partial charge in [0.1, 0.15) is 0 Å². The Balaban J connectivity index is -0.000000001000. The summed E-state index contributed by atoms with van der Waals surface area (Å²) >= 11 is 0. The molecule has 0 bridgehead atoms. The van der Waals surface area contributed by atoms with E-state index in [-0.39, 0.29) is 69.1 Å². The quantitative estimate of drug-likeness (QED) is 0.238. The van der Waals surface area contributed by atoms with Gasteiger partial charge in [-0.2, -0.15) is 0 Å². The van der Waals surface area contributed by atoms with Crippen LogP contribution in [0, 0.1) is 15.3 Å². The van der Waals surface area contributed by atoms with E-state index in [1.807, 2.05) is 0 Å². The van der Waals surface area contributed by atoms with E-state index in [9.17, 15) is 0 Å². The predicted molar refractivity (Wildman–Crippen MR) is 52.8 cm³/mol. The summed E-state index contributed by atoms with van der Waals surface area (Å²) < 4.78 is 0. The molecule has 0 saturated carbocycles. The summed E-state index contributed by atoms with van der Waals surface area (Å²) in [7, 11) is 0. The van der Waals surface area contributed by atoms with Crippen molar-refractivity contribution in [1.29, 1.82) is 0 Å². The van der Waals surface area contributed by atoms with Gasteiger partial charge < -0.3 is 64.6 Å². The molecule has 0 atom stereocenters. The van der Waals surface area contributed by atoms with E-state index >= 15 is 0 Å². The van der Waals surface area contributed by atoms with Gasteiger partial charge in [0.05, 0.1) is 5.09 Å². The Kier molecular flexibility index (Phi) is 6550. The van der Waals surface area contributed by atoms with Crippen molar-refractivity contribution in [3.8, 4) is 0 Å². The number of nitrogens with zero attached hydrogens (tertiary/aromatic N) is 1. The molecule has 0 aliphatic heterocycles. The molecule has 14 heavy (non-hydrogen) atoms. The Morgan fingerprint density at radius 3 is 0.571 bits per heavy atom. The molecule has 0 aliphatic carbocycles. The SMILES string of the molecule is O.O.O.O.O.O.O.O.O.O=[N+]([O-])[O-].[GaH3]. The first-order valence-electron chi connectivity index (χ1n) is 0.548. The van der Waals surface area contributed by atoms with E-state index in [4.69, 9.17) is 15.3 Å². The van der Waals surface area contributed by atoms with Gasteiger partial charge in [-0.1, -0.05) is 0 Å². The van der Waals surface area contributed by atoms with Gasteiger partial charge in [0.2, 0.25) is 0 Å². The first-order valence-corrected chi connectivity index (χ1v) is 0.548. The van der Waals surface area contributed by atoms with Crippen molar-refractivity contribution >= 4 is 19.8 Å². The summed E-state index contributed by atoms with van der Waals surface area (Å²) in [6, 6.07) is 0. The van der Waals surface area contributed by atoms with Gasteiger partial charge in [-0.15, -0.1) is 0 Å². The summed E-state index contributed by atoms with van der Waals surface area (Å²) in [6.45, 7) is 0. The third-order valence-electron chi connectivity index (χ3n) is 0. The van der Waals surface area contributed by atoms with Crippen LogP contribution in [0.2, 0.25) is 0 Å². The van der Waals surface area contributed by atoms with E-state index in [0.29, 0.717) is 0 Å². The fourth-order valence-electron chi connectivity index (χ4n) is 0. The molecule has 0 aliphatic rings. The molecule has 0 aromatic heterocycles. The summed E-state index contributed by atoms with van der Waals surface area (Å²) in [5.41, 5.74) is 0. The van der Waals surface area contributed by atoms with E-state index in [2.05, 4.69) is 0 Å². The van der Waals surface area contributed by atoms with Crippen LogP contribution in [0.4, 0.5) is 0 Å². The molecule has 0 aromatic carbocycles. The molecule has 0 amide bonds. The molecule has 0 spiro atoms. The van der Waals surface area contributed by atoms with Crippen LogP contribution in [0.3, 0.4) is 0 Å². The Hall–Kier alpha value is -0.524. The van der Waals surface area contributed by atoms with Gasteiger partial charge in [0.25, 0.3) is 0 Å². The molecule has 0 rings (SSSR count). The zero-order chi connectivity index (χ0) is 3.58. The van der Waals surface area contributed by atoms with Crippen LogP contribution in [0.1, 0.15) is 0 Å². The van der Waals surface area contributed by atoms with Crippen molar-refractivity contribution in [1.82, 2.24) is 0 Å². The Labute approximate surface area is 90.3 Å². The first-order chi connectivity index (χ1) is 1.73. The minimum atomic E-state index is -1.75. The fraction of sp³-hybridized carbons (Fsp3) is 0. The monoisotopic (exact) mass is 296 g/mol. The van der Waals surface area contributed by atoms with Crippen LogP contribution >= 0.6 is 0 Å². The van der Waals surface area contributed by atoms with E-state index in [1.54, 1.807) is 0 Å². The molecule has 0 heterocycles. The summed E-state index contributed by atoms with van der Waals surface area (Å²) in [6.07, 6.45) is 0. The molecule has 0 fully saturated rings. The third-order valence-corrected chi connectivity index (χ3v) is 0. The van der Waals surface area contributed by atoms with E-state index in [1.165, 1.54) is 0 Å². The first kappa shape index (κ1) is 342. The molecule has 102 valence electrons. The van der Waals surface area contributed by atoms with Crippen molar-refractivity contribution in [3.05, 3.63) is 15.3 Å². The summed E-state index contributed by atoms with van der Waals surface area (Å²) in [4.78, 5) is 8.25. The molecule has 0 unspecified atom stereocenters. The maximum absolute atomic E-state index is 8.25. The molecular formula is H21GaNO12-. The maximum atomic E-state index is 8.25.